The van der Waals surface area contributed by atoms with E-state index < -0.39 is 17.9 Å². The van der Waals surface area contributed by atoms with Crippen LogP contribution in [0.2, 0.25) is 0 Å². The van der Waals surface area contributed by atoms with E-state index >= 15 is 0 Å². The van der Waals surface area contributed by atoms with E-state index in [0.717, 1.165) is 4.90 Å². The van der Waals surface area contributed by atoms with Gasteiger partial charge in [0.25, 0.3) is 11.8 Å². The molecule has 0 saturated heterocycles. The molecule has 2 amide bonds. The van der Waals surface area contributed by atoms with Gasteiger partial charge < -0.3 is 0 Å². The van der Waals surface area contributed by atoms with Crippen molar-refractivity contribution in [1.82, 2.24) is 4.90 Å². The number of Topliss-reactive ketones (excluding diaryl/α,β-unsaturated/α-hetero) is 2. The molecule has 0 spiro atoms. The third-order valence-corrected chi connectivity index (χ3v) is 3.58. The number of amides is 2. The SMILES string of the molecule is CC.O=C1CCC(N2C(=O)c3ccccc3C2=O)C(=O)C1. The third kappa shape index (κ3) is 2.51. The molecule has 0 bridgehead atoms. The summed E-state index contributed by atoms with van der Waals surface area (Å²) in [4.78, 5) is 48.5. The lowest BCUT2D eigenvalue weighted by Crippen LogP contribution is -2.47. The van der Waals surface area contributed by atoms with E-state index in [1.165, 1.54) is 0 Å². The fourth-order valence-electron chi connectivity index (χ4n) is 2.62. The average Bonchev–Trinajstić information content (AvgIpc) is 2.75. The number of ketones is 2. The summed E-state index contributed by atoms with van der Waals surface area (Å²) < 4.78 is 0. The van der Waals surface area contributed by atoms with Crippen LogP contribution in [-0.2, 0) is 9.59 Å². The molecule has 1 aliphatic heterocycles. The van der Waals surface area contributed by atoms with Gasteiger partial charge in [-0.15, -0.1) is 0 Å². The molecule has 1 aromatic carbocycles. The van der Waals surface area contributed by atoms with E-state index in [0.29, 0.717) is 11.1 Å². The number of nitrogens with zero attached hydrogens (tertiary/aromatic N) is 1. The zero-order valence-electron chi connectivity index (χ0n) is 12.1. The van der Waals surface area contributed by atoms with Crippen molar-refractivity contribution in [2.45, 2.75) is 39.2 Å². The summed E-state index contributed by atoms with van der Waals surface area (Å²) in [6.07, 6.45) is 0.297. The Morgan fingerprint density at radius 3 is 1.95 bits per heavy atom. The molecule has 1 unspecified atom stereocenters. The van der Waals surface area contributed by atoms with Crippen molar-refractivity contribution in [3.05, 3.63) is 35.4 Å². The van der Waals surface area contributed by atoms with Gasteiger partial charge in [0.15, 0.2) is 5.78 Å². The summed E-state index contributed by atoms with van der Waals surface area (Å²) in [5, 5.41) is 0. The van der Waals surface area contributed by atoms with E-state index in [4.69, 9.17) is 0 Å². The highest BCUT2D eigenvalue weighted by Crippen LogP contribution is 2.28. The molecule has 0 aromatic heterocycles. The maximum Gasteiger partial charge on any atom is 0.262 e. The molecule has 3 rings (SSSR count). The minimum atomic E-state index is -0.787. The van der Waals surface area contributed by atoms with Gasteiger partial charge in [-0.1, -0.05) is 26.0 Å². The average molecular weight is 287 g/mol. The molecular weight excluding hydrogens is 270 g/mol. The lowest BCUT2D eigenvalue weighted by Gasteiger charge is -2.27. The summed E-state index contributed by atoms with van der Waals surface area (Å²) in [5.41, 5.74) is 0.661. The molecule has 5 heteroatoms. The Bertz CT molecular complexity index is 585. The van der Waals surface area contributed by atoms with Crippen molar-refractivity contribution in [2.75, 3.05) is 0 Å². The first-order chi connectivity index (χ1) is 10.1. The Morgan fingerprint density at radius 1 is 0.952 bits per heavy atom. The van der Waals surface area contributed by atoms with Crippen LogP contribution in [0.25, 0.3) is 0 Å². The quantitative estimate of drug-likeness (QED) is 0.585. The molecule has 1 atom stereocenters. The molecule has 1 saturated carbocycles. The predicted octanol–water partition coefficient (Wildman–Crippen LogP) is 2.00. The highest BCUT2D eigenvalue weighted by molar-refractivity contribution is 6.23. The monoisotopic (exact) mass is 287 g/mol. The third-order valence-electron chi connectivity index (χ3n) is 3.58. The second-order valence-electron chi connectivity index (χ2n) is 4.76. The Morgan fingerprint density at radius 2 is 1.48 bits per heavy atom. The van der Waals surface area contributed by atoms with Crippen LogP contribution in [0, 0.1) is 0 Å². The molecular formula is C16H17NO4. The highest BCUT2D eigenvalue weighted by atomic mass is 16.2. The molecule has 0 radical (unpaired) electrons. The van der Waals surface area contributed by atoms with Gasteiger partial charge in [0.1, 0.15) is 5.78 Å². The van der Waals surface area contributed by atoms with Gasteiger partial charge in [0.05, 0.1) is 23.6 Å². The molecule has 2 aliphatic rings. The molecule has 110 valence electrons. The Balaban J connectivity index is 0.000000774. The van der Waals surface area contributed by atoms with E-state index in [1.807, 2.05) is 13.8 Å². The van der Waals surface area contributed by atoms with Gasteiger partial charge >= 0.3 is 0 Å². The Kier molecular flexibility index (Phi) is 4.31. The predicted molar refractivity (Wildman–Crippen MR) is 75.9 cm³/mol. The van der Waals surface area contributed by atoms with Crippen LogP contribution < -0.4 is 0 Å². The van der Waals surface area contributed by atoms with Crippen LogP contribution in [-0.4, -0.2) is 34.3 Å². The summed E-state index contributed by atoms with van der Waals surface area (Å²) in [5.74, 6) is -1.34. The second-order valence-corrected chi connectivity index (χ2v) is 4.76. The van der Waals surface area contributed by atoms with Crippen molar-refractivity contribution in [1.29, 1.82) is 0 Å². The van der Waals surface area contributed by atoms with Gasteiger partial charge in [-0.3, -0.25) is 24.1 Å². The number of hydrogen-bond donors (Lipinski definition) is 0. The fraction of sp³-hybridized carbons (Fsp3) is 0.375. The normalized spacial score (nSPS) is 21.0. The van der Waals surface area contributed by atoms with Gasteiger partial charge in [0, 0.05) is 6.42 Å². The minimum Gasteiger partial charge on any atom is -0.299 e. The van der Waals surface area contributed by atoms with Crippen LogP contribution in [0.1, 0.15) is 53.8 Å². The van der Waals surface area contributed by atoms with Gasteiger partial charge in [-0.2, -0.15) is 0 Å². The fourth-order valence-corrected chi connectivity index (χ4v) is 2.62. The molecule has 1 heterocycles. The molecule has 0 N–H and O–H groups in total. The van der Waals surface area contributed by atoms with Gasteiger partial charge in [-0.05, 0) is 18.6 Å². The number of hydrogen-bond acceptors (Lipinski definition) is 4. The first-order valence-electron chi connectivity index (χ1n) is 7.11. The number of rotatable bonds is 1. The van der Waals surface area contributed by atoms with Crippen molar-refractivity contribution >= 4 is 23.4 Å². The van der Waals surface area contributed by atoms with E-state index in [9.17, 15) is 19.2 Å². The van der Waals surface area contributed by atoms with Crippen molar-refractivity contribution in [3.63, 3.8) is 0 Å². The lowest BCUT2D eigenvalue weighted by atomic mass is 9.92. The van der Waals surface area contributed by atoms with Crippen LogP contribution in [0.4, 0.5) is 0 Å². The van der Waals surface area contributed by atoms with E-state index in [-0.39, 0.29) is 30.8 Å². The summed E-state index contributed by atoms with van der Waals surface area (Å²) in [7, 11) is 0. The first-order valence-corrected chi connectivity index (χ1v) is 7.11. The largest absolute Gasteiger partial charge is 0.299 e. The van der Waals surface area contributed by atoms with Crippen LogP contribution in [0.5, 0.6) is 0 Å². The van der Waals surface area contributed by atoms with Crippen LogP contribution in [0.3, 0.4) is 0 Å². The summed E-state index contributed by atoms with van der Waals surface area (Å²) in [6.45, 7) is 4.00. The second kappa shape index (κ2) is 5.99. The number of benzene rings is 1. The van der Waals surface area contributed by atoms with Crippen LogP contribution >= 0.6 is 0 Å². The zero-order valence-corrected chi connectivity index (χ0v) is 12.1. The van der Waals surface area contributed by atoms with E-state index in [1.54, 1.807) is 24.3 Å². The number of imide groups is 1. The minimum absolute atomic E-state index is 0.127. The van der Waals surface area contributed by atoms with Crippen molar-refractivity contribution < 1.29 is 19.2 Å². The molecule has 1 aliphatic carbocycles. The molecule has 5 nitrogen and oxygen atoms in total. The van der Waals surface area contributed by atoms with E-state index in [2.05, 4.69) is 0 Å². The Labute approximate surface area is 122 Å². The topological polar surface area (TPSA) is 71.5 Å². The van der Waals surface area contributed by atoms with Crippen molar-refractivity contribution in [2.24, 2.45) is 0 Å². The number of fused-ring (bicyclic) bond motifs is 1. The molecule has 1 fully saturated rings. The maximum absolute atomic E-state index is 12.2. The smallest absolute Gasteiger partial charge is 0.262 e. The highest BCUT2D eigenvalue weighted by Gasteiger charge is 2.43. The summed E-state index contributed by atoms with van der Waals surface area (Å²) >= 11 is 0. The lowest BCUT2D eigenvalue weighted by molar-refractivity contribution is -0.132. The van der Waals surface area contributed by atoms with Crippen LogP contribution in [0.15, 0.2) is 24.3 Å². The zero-order chi connectivity index (χ0) is 15.6. The van der Waals surface area contributed by atoms with Gasteiger partial charge in [0.2, 0.25) is 0 Å². The Hall–Kier alpha value is -2.30. The molecule has 21 heavy (non-hydrogen) atoms. The maximum atomic E-state index is 12.2. The van der Waals surface area contributed by atoms with Gasteiger partial charge in [-0.25, -0.2) is 0 Å². The first kappa shape index (κ1) is 15.1. The standard InChI is InChI=1S/C14H11NO4.C2H6/c16-8-5-6-11(12(17)7-8)15-13(18)9-3-1-2-4-10(9)14(15)19;1-2/h1-4,11H,5-7H2;1-2H3. The molecule has 1 aromatic rings. The number of carbonyl (C=O) groups is 4. The number of carbonyl (C=O) groups excluding carboxylic acids is 4. The summed E-state index contributed by atoms with van der Waals surface area (Å²) in [6, 6.07) is 5.73. The van der Waals surface area contributed by atoms with Crippen molar-refractivity contribution in [3.8, 4) is 0 Å².